The zero-order chi connectivity index (χ0) is 22.2. The van der Waals surface area contributed by atoms with E-state index in [1.54, 1.807) is 19.1 Å². The van der Waals surface area contributed by atoms with Gasteiger partial charge in [-0.15, -0.1) is 11.3 Å². The molecule has 31 heavy (non-hydrogen) atoms. The van der Waals surface area contributed by atoms with Crippen molar-refractivity contribution in [1.82, 2.24) is 0 Å². The highest BCUT2D eigenvalue weighted by molar-refractivity contribution is 7.17. The number of hydrogen-bond donors (Lipinski definition) is 1. The van der Waals surface area contributed by atoms with E-state index in [4.69, 9.17) is 9.47 Å². The summed E-state index contributed by atoms with van der Waals surface area (Å²) in [5.41, 5.74) is 1.98. The largest absolute Gasteiger partial charge is 0.493 e. The fraction of sp³-hybridized carbons (Fsp3) is 0.375. The smallest absolute Gasteiger partial charge is 0.341 e. The molecule has 6 nitrogen and oxygen atoms in total. The summed E-state index contributed by atoms with van der Waals surface area (Å²) in [6.45, 7) is 4.56. The molecular weight excluding hydrogens is 412 g/mol. The molecule has 0 saturated carbocycles. The van der Waals surface area contributed by atoms with E-state index in [9.17, 15) is 14.9 Å². The number of nitrogens with one attached hydrogen (secondary N) is 1. The molecule has 0 bridgehead atoms. The third-order valence-corrected chi connectivity index (χ3v) is 6.13. The van der Waals surface area contributed by atoms with E-state index < -0.39 is 11.9 Å². The molecular formula is C24H26N2O4S. The second-order valence-electron chi connectivity index (χ2n) is 7.15. The first-order valence-electron chi connectivity index (χ1n) is 10.6. The van der Waals surface area contributed by atoms with Gasteiger partial charge in [0.1, 0.15) is 22.4 Å². The normalized spacial score (nSPS) is 13.1. The number of benzene rings is 1. The lowest BCUT2D eigenvalue weighted by molar-refractivity contribution is -0.112. The summed E-state index contributed by atoms with van der Waals surface area (Å²) in [5, 5.41) is 12.9. The van der Waals surface area contributed by atoms with Crippen LogP contribution in [0.3, 0.4) is 0 Å². The van der Waals surface area contributed by atoms with Crippen molar-refractivity contribution in [2.75, 3.05) is 18.5 Å². The first-order valence-corrected chi connectivity index (χ1v) is 11.4. The minimum atomic E-state index is -0.558. The first-order chi connectivity index (χ1) is 15.1. The van der Waals surface area contributed by atoms with Gasteiger partial charge in [0, 0.05) is 10.4 Å². The Kier molecular flexibility index (Phi) is 7.85. The zero-order valence-electron chi connectivity index (χ0n) is 17.8. The molecule has 1 heterocycles. The van der Waals surface area contributed by atoms with Crippen LogP contribution in [0, 0.1) is 11.3 Å². The Balaban J connectivity index is 1.90. The fourth-order valence-corrected chi connectivity index (χ4v) is 4.76. The van der Waals surface area contributed by atoms with Crippen molar-refractivity contribution in [3.8, 4) is 11.8 Å². The van der Waals surface area contributed by atoms with E-state index in [-0.39, 0.29) is 12.2 Å². The predicted molar refractivity (Wildman–Crippen MR) is 121 cm³/mol. The molecule has 1 aromatic heterocycles. The highest BCUT2D eigenvalue weighted by Gasteiger charge is 2.27. The minimum absolute atomic E-state index is 0.0614. The fourth-order valence-electron chi connectivity index (χ4n) is 3.49. The van der Waals surface area contributed by atoms with E-state index in [1.807, 2.05) is 25.1 Å². The molecule has 7 heteroatoms. The Bertz CT molecular complexity index is 1030. The molecule has 1 aliphatic rings. The number of nitrogens with zero attached hydrogens (tertiary/aromatic N) is 1. The van der Waals surface area contributed by atoms with Gasteiger partial charge in [0.15, 0.2) is 0 Å². The molecule has 2 aromatic rings. The Hall–Kier alpha value is -3.11. The Morgan fingerprint density at radius 2 is 2.00 bits per heavy atom. The molecule has 1 N–H and O–H groups in total. The maximum absolute atomic E-state index is 12.9. The van der Waals surface area contributed by atoms with E-state index in [2.05, 4.69) is 5.32 Å². The summed E-state index contributed by atoms with van der Waals surface area (Å²) in [5.74, 6) is -0.376. The molecule has 0 spiro atoms. The van der Waals surface area contributed by atoms with E-state index in [0.29, 0.717) is 28.5 Å². The summed E-state index contributed by atoms with van der Waals surface area (Å²) in [7, 11) is 0. The molecule has 0 fully saturated rings. The van der Waals surface area contributed by atoms with Crippen molar-refractivity contribution in [3.63, 3.8) is 0 Å². The number of esters is 1. The average Bonchev–Trinajstić information content (AvgIpc) is 3.14. The topological polar surface area (TPSA) is 88.4 Å². The number of nitriles is 1. The van der Waals surface area contributed by atoms with Crippen LogP contribution in [0.1, 0.15) is 59.5 Å². The minimum Gasteiger partial charge on any atom is -0.493 e. The summed E-state index contributed by atoms with van der Waals surface area (Å²) < 4.78 is 10.9. The molecule has 3 rings (SSSR count). The standard InChI is InChI=1S/C24H26N2O4S/c1-3-13-30-19-11-7-5-9-16(19)14-17(15-25)22(27)26-23-21(24(28)29-4-2)18-10-6-8-12-20(18)31-23/h5,7,9,11,14H,3-4,6,8,10,12-13H2,1-2H3,(H,26,27)/b17-14+. The van der Waals surface area contributed by atoms with Crippen LogP contribution in [0.5, 0.6) is 5.75 Å². The molecule has 1 aliphatic carbocycles. The van der Waals surface area contributed by atoms with Gasteiger partial charge in [-0.25, -0.2) is 4.79 Å². The monoisotopic (exact) mass is 438 g/mol. The Labute approximate surface area is 186 Å². The SMILES string of the molecule is CCCOc1ccccc1/C=C(\C#N)C(=O)Nc1sc2c(c1C(=O)OCC)CCCC2. The maximum atomic E-state index is 12.9. The lowest BCUT2D eigenvalue weighted by Crippen LogP contribution is -2.16. The van der Waals surface area contributed by atoms with Crippen molar-refractivity contribution < 1.29 is 19.1 Å². The third kappa shape index (κ3) is 5.33. The number of rotatable bonds is 8. The number of carbonyl (C=O) groups is 2. The van der Waals surface area contributed by atoms with E-state index in [1.165, 1.54) is 17.4 Å². The van der Waals surface area contributed by atoms with Crippen molar-refractivity contribution >= 4 is 34.3 Å². The van der Waals surface area contributed by atoms with Crippen molar-refractivity contribution in [2.24, 2.45) is 0 Å². The van der Waals surface area contributed by atoms with Gasteiger partial charge in [-0.2, -0.15) is 5.26 Å². The van der Waals surface area contributed by atoms with Crippen LogP contribution in [0.25, 0.3) is 6.08 Å². The lowest BCUT2D eigenvalue weighted by atomic mass is 9.95. The Morgan fingerprint density at radius 1 is 1.23 bits per heavy atom. The molecule has 0 aliphatic heterocycles. The molecule has 0 atom stereocenters. The van der Waals surface area contributed by atoms with Gasteiger partial charge in [0.25, 0.3) is 5.91 Å². The highest BCUT2D eigenvalue weighted by atomic mass is 32.1. The van der Waals surface area contributed by atoms with Crippen molar-refractivity contribution in [1.29, 1.82) is 5.26 Å². The summed E-state index contributed by atoms with van der Waals surface area (Å²) in [4.78, 5) is 26.6. The number of amides is 1. The predicted octanol–water partition coefficient (Wildman–Crippen LogP) is 5.14. The van der Waals surface area contributed by atoms with Gasteiger partial charge >= 0.3 is 5.97 Å². The number of anilines is 1. The van der Waals surface area contributed by atoms with Crippen LogP contribution >= 0.6 is 11.3 Å². The molecule has 0 saturated heterocycles. The molecule has 0 radical (unpaired) electrons. The molecule has 0 unspecified atom stereocenters. The van der Waals surface area contributed by atoms with Crippen LogP contribution in [0.15, 0.2) is 29.8 Å². The van der Waals surface area contributed by atoms with Gasteiger partial charge in [-0.1, -0.05) is 25.1 Å². The summed E-state index contributed by atoms with van der Waals surface area (Å²) >= 11 is 1.40. The third-order valence-electron chi connectivity index (χ3n) is 4.92. The summed E-state index contributed by atoms with van der Waals surface area (Å²) in [6, 6.07) is 9.24. The van der Waals surface area contributed by atoms with Crippen LogP contribution < -0.4 is 10.1 Å². The number of thiophene rings is 1. The first kappa shape index (κ1) is 22.6. The quantitative estimate of drug-likeness (QED) is 0.350. The average molecular weight is 439 g/mol. The van der Waals surface area contributed by atoms with E-state index >= 15 is 0 Å². The highest BCUT2D eigenvalue weighted by Crippen LogP contribution is 2.38. The number of para-hydroxylation sites is 1. The maximum Gasteiger partial charge on any atom is 0.341 e. The van der Waals surface area contributed by atoms with Gasteiger partial charge in [0.2, 0.25) is 0 Å². The van der Waals surface area contributed by atoms with Gasteiger partial charge in [0.05, 0.1) is 18.8 Å². The summed E-state index contributed by atoms with van der Waals surface area (Å²) in [6.07, 6.45) is 6.09. The van der Waals surface area contributed by atoms with Gasteiger partial charge in [-0.05, 0) is 56.7 Å². The second kappa shape index (κ2) is 10.8. The van der Waals surface area contributed by atoms with Crippen LogP contribution in [-0.2, 0) is 22.4 Å². The van der Waals surface area contributed by atoms with Crippen LogP contribution in [0.4, 0.5) is 5.00 Å². The zero-order valence-corrected chi connectivity index (χ0v) is 18.6. The molecule has 1 aromatic carbocycles. The van der Waals surface area contributed by atoms with Crippen LogP contribution in [0.2, 0.25) is 0 Å². The number of aryl methyl sites for hydroxylation is 1. The van der Waals surface area contributed by atoms with Gasteiger partial charge < -0.3 is 14.8 Å². The number of fused-ring (bicyclic) bond motifs is 1. The second-order valence-corrected chi connectivity index (χ2v) is 8.25. The number of hydrogen-bond acceptors (Lipinski definition) is 6. The Morgan fingerprint density at radius 3 is 2.74 bits per heavy atom. The van der Waals surface area contributed by atoms with Crippen molar-refractivity contribution in [3.05, 3.63) is 51.4 Å². The van der Waals surface area contributed by atoms with E-state index in [0.717, 1.165) is 42.5 Å². The number of ether oxygens (including phenoxy) is 2. The van der Waals surface area contributed by atoms with Gasteiger partial charge in [-0.3, -0.25) is 4.79 Å². The number of carbonyl (C=O) groups excluding carboxylic acids is 2. The molecule has 1 amide bonds. The molecule has 162 valence electrons. The van der Waals surface area contributed by atoms with Crippen molar-refractivity contribution in [2.45, 2.75) is 46.0 Å². The lowest BCUT2D eigenvalue weighted by Gasteiger charge is -2.12. The van der Waals surface area contributed by atoms with Crippen LogP contribution in [-0.4, -0.2) is 25.1 Å².